The molecule has 5 nitrogen and oxygen atoms in total. The number of ether oxygens (including phenoxy) is 2. The van der Waals surface area contributed by atoms with E-state index in [4.69, 9.17) is 4.74 Å². The van der Waals surface area contributed by atoms with Gasteiger partial charge in [0.05, 0.1) is 18.8 Å². The van der Waals surface area contributed by atoms with Crippen molar-refractivity contribution in [2.24, 2.45) is 0 Å². The monoisotopic (exact) mass is 342 g/mol. The van der Waals surface area contributed by atoms with Crippen molar-refractivity contribution in [3.8, 4) is 5.75 Å². The van der Waals surface area contributed by atoms with Gasteiger partial charge in [0.15, 0.2) is 0 Å². The zero-order valence-corrected chi connectivity index (χ0v) is 14.2. The highest BCUT2D eigenvalue weighted by atomic mass is 19.3. The van der Waals surface area contributed by atoms with Gasteiger partial charge in [0.25, 0.3) is 0 Å². The summed E-state index contributed by atoms with van der Waals surface area (Å²) < 4.78 is 34.6. The van der Waals surface area contributed by atoms with Gasteiger partial charge in [0.1, 0.15) is 5.75 Å². The third-order valence-corrected chi connectivity index (χ3v) is 3.92. The predicted molar refractivity (Wildman–Crippen MR) is 86.1 cm³/mol. The fourth-order valence-corrected chi connectivity index (χ4v) is 2.81. The van der Waals surface area contributed by atoms with Crippen LogP contribution < -0.4 is 10.1 Å². The van der Waals surface area contributed by atoms with Gasteiger partial charge < -0.3 is 19.7 Å². The summed E-state index contributed by atoms with van der Waals surface area (Å²) in [5.41, 5.74) is 0.782. The lowest BCUT2D eigenvalue weighted by molar-refractivity contribution is -0.142. The molecular weight excluding hydrogens is 318 g/mol. The summed E-state index contributed by atoms with van der Waals surface area (Å²) in [5.74, 6) is 0.113. The number of nitrogens with zero attached hydrogens (tertiary/aromatic N) is 1. The first-order valence-electron chi connectivity index (χ1n) is 8.06. The summed E-state index contributed by atoms with van der Waals surface area (Å²) in [5, 5.41) is 3.13. The van der Waals surface area contributed by atoms with Gasteiger partial charge in [0.2, 0.25) is 5.91 Å². The minimum Gasteiger partial charge on any atom is -0.435 e. The normalized spacial score (nSPS) is 22.5. The molecule has 1 aromatic carbocycles. The second-order valence-electron chi connectivity index (χ2n) is 6.11. The lowest BCUT2D eigenvalue weighted by atomic mass is 10.1. The Morgan fingerprint density at radius 3 is 2.67 bits per heavy atom. The van der Waals surface area contributed by atoms with Crippen molar-refractivity contribution in [3.63, 3.8) is 0 Å². The summed E-state index contributed by atoms with van der Waals surface area (Å²) in [6.07, 6.45) is 0.0524. The molecule has 7 heteroatoms. The van der Waals surface area contributed by atoms with Crippen LogP contribution in [0, 0.1) is 0 Å². The standard InChI is InChI=1S/C17H24F2N2O3/c1-11-9-21(10-12(2)23-11)16(22)8-20-13(3)14-5-4-6-15(7-14)24-17(18)19/h4-7,11-13,17,20H,8-10H2,1-3H3. The van der Waals surface area contributed by atoms with Gasteiger partial charge in [-0.3, -0.25) is 4.79 Å². The number of alkyl halides is 2. The smallest absolute Gasteiger partial charge is 0.387 e. The Bertz CT molecular complexity index is 546. The van der Waals surface area contributed by atoms with Gasteiger partial charge in [-0.1, -0.05) is 12.1 Å². The van der Waals surface area contributed by atoms with Crippen molar-refractivity contribution in [1.82, 2.24) is 10.2 Å². The van der Waals surface area contributed by atoms with Gasteiger partial charge in [-0.2, -0.15) is 8.78 Å². The van der Waals surface area contributed by atoms with E-state index in [2.05, 4.69) is 10.1 Å². The fraction of sp³-hybridized carbons (Fsp3) is 0.588. The number of hydrogen-bond acceptors (Lipinski definition) is 4. The van der Waals surface area contributed by atoms with E-state index >= 15 is 0 Å². The molecule has 1 saturated heterocycles. The van der Waals surface area contributed by atoms with Gasteiger partial charge in [-0.25, -0.2) is 0 Å². The van der Waals surface area contributed by atoms with Crippen molar-refractivity contribution in [3.05, 3.63) is 29.8 Å². The van der Waals surface area contributed by atoms with Gasteiger partial charge in [0, 0.05) is 19.1 Å². The molecular formula is C17H24F2N2O3. The molecule has 1 aliphatic heterocycles. The second-order valence-corrected chi connectivity index (χ2v) is 6.11. The molecule has 0 radical (unpaired) electrons. The minimum absolute atomic E-state index is 0.00355. The molecule has 1 aromatic rings. The average molecular weight is 342 g/mol. The third-order valence-electron chi connectivity index (χ3n) is 3.92. The number of benzene rings is 1. The van der Waals surface area contributed by atoms with Gasteiger partial charge in [-0.05, 0) is 38.5 Å². The van der Waals surface area contributed by atoms with Crippen LogP contribution in [-0.4, -0.2) is 49.3 Å². The molecule has 3 unspecified atom stereocenters. The van der Waals surface area contributed by atoms with Crippen LogP contribution in [0.15, 0.2) is 24.3 Å². The van der Waals surface area contributed by atoms with Crippen LogP contribution in [0.3, 0.4) is 0 Å². The van der Waals surface area contributed by atoms with E-state index in [1.165, 1.54) is 6.07 Å². The van der Waals surface area contributed by atoms with Crippen molar-refractivity contribution in [2.45, 2.75) is 45.6 Å². The highest BCUT2D eigenvalue weighted by molar-refractivity contribution is 5.78. The number of nitrogens with one attached hydrogen (secondary N) is 1. The number of carbonyl (C=O) groups excluding carboxylic acids is 1. The fourth-order valence-electron chi connectivity index (χ4n) is 2.81. The zero-order valence-electron chi connectivity index (χ0n) is 14.2. The first kappa shape index (κ1) is 18.6. The predicted octanol–water partition coefficient (Wildman–Crippen LogP) is 2.57. The SMILES string of the molecule is CC1CN(C(=O)CNC(C)c2cccc(OC(F)F)c2)CC(C)O1. The Hall–Kier alpha value is -1.73. The van der Waals surface area contributed by atoms with Gasteiger partial charge in [-0.15, -0.1) is 0 Å². The quantitative estimate of drug-likeness (QED) is 0.863. The molecule has 1 amide bonds. The first-order valence-corrected chi connectivity index (χ1v) is 8.06. The summed E-state index contributed by atoms with van der Waals surface area (Å²) in [7, 11) is 0. The lowest BCUT2D eigenvalue weighted by Gasteiger charge is -2.35. The van der Waals surface area contributed by atoms with E-state index in [0.29, 0.717) is 13.1 Å². The van der Waals surface area contributed by atoms with E-state index in [1.807, 2.05) is 20.8 Å². The van der Waals surface area contributed by atoms with Crippen molar-refractivity contribution >= 4 is 5.91 Å². The minimum atomic E-state index is -2.85. The largest absolute Gasteiger partial charge is 0.435 e. The number of morpholine rings is 1. The molecule has 1 aliphatic rings. The number of rotatable bonds is 6. The molecule has 0 saturated carbocycles. The zero-order chi connectivity index (χ0) is 17.7. The van der Waals surface area contributed by atoms with Crippen LogP contribution in [0.4, 0.5) is 8.78 Å². The molecule has 1 heterocycles. The first-order chi connectivity index (χ1) is 11.3. The molecule has 0 bridgehead atoms. The van der Waals surface area contributed by atoms with E-state index < -0.39 is 6.61 Å². The Kier molecular flexibility index (Phi) is 6.51. The number of halogens is 2. The maximum absolute atomic E-state index is 12.3. The number of amides is 1. The molecule has 134 valence electrons. The Labute approximate surface area is 140 Å². The van der Waals surface area contributed by atoms with Crippen LogP contribution >= 0.6 is 0 Å². The van der Waals surface area contributed by atoms with Crippen LogP contribution in [0.25, 0.3) is 0 Å². The molecule has 24 heavy (non-hydrogen) atoms. The second kappa shape index (κ2) is 8.39. The van der Waals surface area contributed by atoms with Crippen LogP contribution in [-0.2, 0) is 9.53 Å². The average Bonchev–Trinajstić information content (AvgIpc) is 2.51. The highest BCUT2D eigenvalue weighted by Gasteiger charge is 2.25. The Balaban J connectivity index is 1.88. The number of hydrogen-bond donors (Lipinski definition) is 1. The Morgan fingerprint density at radius 2 is 2.04 bits per heavy atom. The van der Waals surface area contributed by atoms with Crippen LogP contribution in [0.5, 0.6) is 5.75 Å². The summed E-state index contributed by atoms with van der Waals surface area (Å²) in [6, 6.07) is 6.32. The van der Waals surface area contributed by atoms with Crippen LogP contribution in [0.1, 0.15) is 32.4 Å². The maximum atomic E-state index is 12.3. The highest BCUT2D eigenvalue weighted by Crippen LogP contribution is 2.20. The number of carbonyl (C=O) groups is 1. The molecule has 0 aliphatic carbocycles. The third kappa shape index (κ3) is 5.42. The molecule has 0 aromatic heterocycles. The molecule has 2 rings (SSSR count). The van der Waals surface area contributed by atoms with Gasteiger partial charge >= 0.3 is 6.61 Å². The van der Waals surface area contributed by atoms with Crippen molar-refractivity contribution < 1.29 is 23.0 Å². The topological polar surface area (TPSA) is 50.8 Å². The maximum Gasteiger partial charge on any atom is 0.387 e. The molecule has 1 fully saturated rings. The van der Waals surface area contributed by atoms with Crippen molar-refractivity contribution in [1.29, 1.82) is 0 Å². The van der Waals surface area contributed by atoms with E-state index in [9.17, 15) is 13.6 Å². The summed E-state index contributed by atoms with van der Waals surface area (Å²) >= 11 is 0. The molecule has 3 atom stereocenters. The molecule has 0 spiro atoms. The van der Waals surface area contributed by atoms with E-state index in [0.717, 1.165) is 5.56 Å². The lowest BCUT2D eigenvalue weighted by Crippen LogP contribution is -2.50. The van der Waals surface area contributed by atoms with E-state index in [1.54, 1.807) is 23.1 Å². The summed E-state index contributed by atoms with van der Waals surface area (Å²) in [6.45, 7) is 4.25. The van der Waals surface area contributed by atoms with Crippen LogP contribution in [0.2, 0.25) is 0 Å². The Morgan fingerprint density at radius 1 is 1.38 bits per heavy atom. The van der Waals surface area contributed by atoms with E-state index in [-0.39, 0.29) is 36.5 Å². The molecule has 1 N–H and O–H groups in total. The summed E-state index contributed by atoms with van der Waals surface area (Å²) in [4.78, 5) is 14.1. The van der Waals surface area contributed by atoms with Crippen molar-refractivity contribution in [2.75, 3.05) is 19.6 Å².